The number of benzene rings is 1. The predicted molar refractivity (Wildman–Crippen MR) is 75.3 cm³/mol. The van der Waals surface area contributed by atoms with Gasteiger partial charge in [-0.1, -0.05) is 30.4 Å². The summed E-state index contributed by atoms with van der Waals surface area (Å²) in [4.78, 5) is 13.8. The molecule has 2 fully saturated rings. The first-order chi connectivity index (χ1) is 9.59. The van der Waals surface area contributed by atoms with Crippen molar-refractivity contribution in [3.63, 3.8) is 0 Å². The van der Waals surface area contributed by atoms with Crippen LogP contribution in [-0.2, 0) is 4.79 Å². The van der Waals surface area contributed by atoms with Crippen LogP contribution in [0.25, 0.3) is 0 Å². The number of piperidine rings is 1. The van der Waals surface area contributed by atoms with Crippen molar-refractivity contribution in [1.29, 1.82) is 0 Å². The quantitative estimate of drug-likeness (QED) is 0.672. The molecule has 1 N–H and O–H groups in total. The van der Waals surface area contributed by atoms with Crippen molar-refractivity contribution >= 4 is 5.91 Å². The molecular weight excluding hydrogens is 254 g/mol. The second-order valence-electron chi connectivity index (χ2n) is 5.61. The van der Waals surface area contributed by atoms with Crippen LogP contribution in [0.3, 0.4) is 0 Å². The molecule has 0 spiro atoms. The molecule has 0 saturated carbocycles. The lowest BCUT2D eigenvalue weighted by Crippen LogP contribution is -2.74. The Balaban J connectivity index is 1.76. The number of para-hydroxylation sites is 1. The Morgan fingerprint density at radius 2 is 2.10 bits per heavy atom. The number of rotatable bonds is 3. The summed E-state index contributed by atoms with van der Waals surface area (Å²) in [6.45, 7) is 6.54. The van der Waals surface area contributed by atoms with E-state index in [2.05, 4.69) is 6.58 Å². The first kappa shape index (κ1) is 13.2. The Morgan fingerprint density at radius 3 is 2.75 bits per heavy atom. The van der Waals surface area contributed by atoms with Gasteiger partial charge in [-0.25, -0.2) is 0 Å². The standard InChI is InChI=1S/C16H19NO3/c1-10(2)12-8-9-17-13(14(12)18)15(16(17)19)20-11-6-4-3-5-7-11/h3-7,12-15,18H,1,8-9H2,2H3/t12-,13-,14-,15+/m0/s1. The van der Waals surface area contributed by atoms with Crippen LogP contribution in [0.15, 0.2) is 42.5 Å². The van der Waals surface area contributed by atoms with Crippen LogP contribution in [0.5, 0.6) is 5.75 Å². The lowest BCUT2D eigenvalue weighted by Gasteiger charge is -2.53. The number of carbonyl (C=O) groups excluding carboxylic acids is 1. The molecule has 2 saturated heterocycles. The van der Waals surface area contributed by atoms with Gasteiger partial charge in [-0.3, -0.25) is 4.79 Å². The highest BCUT2D eigenvalue weighted by Crippen LogP contribution is 2.37. The Bertz CT molecular complexity index is 528. The molecule has 1 amide bonds. The second kappa shape index (κ2) is 4.94. The molecule has 0 aromatic heterocycles. The van der Waals surface area contributed by atoms with Gasteiger partial charge < -0.3 is 14.7 Å². The van der Waals surface area contributed by atoms with Gasteiger partial charge in [-0.05, 0) is 25.5 Å². The summed E-state index contributed by atoms with van der Waals surface area (Å²) in [6.07, 6.45) is -0.390. The topological polar surface area (TPSA) is 49.8 Å². The number of ether oxygens (including phenoxy) is 1. The van der Waals surface area contributed by atoms with E-state index in [0.717, 1.165) is 12.0 Å². The fraction of sp³-hybridized carbons (Fsp3) is 0.438. The van der Waals surface area contributed by atoms with Crippen molar-refractivity contribution < 1.29 is 14.6 Å². The van der Waals surface area contributed by atoms with Gasteiger partial charge in [0.05, 0.1) is 6.10 Å². The Morgan fingerprint density at radius 1 is 1.40 bits per heavy atom. The highest BCUT2D eigenvalue weighted by Gasteiger charge is 2.56. The van der Waals surface area contributed by atoms with Crippen LogP contribution in [0, 0.1) is 5.92 Å². The van der Waals surface area contributed by atoms with E-state index in [0.29, 0.717) is 12.3 Å². The SMILES string of the molecule is C=C(C)[C@@H]1CCN2C(=O)[C@H](Oc3ccccc3)[C@@H]2[C@H]1O. The van der Waals surface area contributed by atoms with Gasteiger partial charge in [-0.2, -0.15) is 0 Å². The number of hydrogen-bond donors (Lipinski definition) is 1. The number of aliphatic hydroxyl groups is 1. The molecule has 0 unspecified atom stereocenters. The maximum atomic E-state index is 12.1. The molecule has 0 radical (unpaired) electrons. The third-order valence-corrected chi connectivity index (χ3v) is 4.28. The Hall–Kier alpha value is -1.81. The molecule has 1 aromatic rings. The monoisotopic (exact) mass is 273 g/mol. The zero-order valence-corrected chi connectivity index (χ0v) is 11.5. The maximum Gasteiger partial charge on any atom is 0.266 e. The average Bonchev–Trinajstić information content (AvgIpc) is 2.45. The minimum Gasteiger partial charge on any atom is -0.478 e. The van der Waals surface area contributed by atoms with Crippen molar-refractivity contribution in [3.05, 3.63) is 42.5 Å². The highest BCUT2D eigenvalue weighted by molar-refractivity contribution is 5.89. The van der Waals surface area contributed by atoms with Crippen molar-refractivity contribution in [1.82, 2.24) is 4.90 Å². The van der Waals surface area contributed by atoms with Gasteiger partial charge >= 0.3 is 0 Å². The largest absolute Gasteiger partial charge is 0.478 e. The molecule has 3 rings (SSSR count). The van der Waals surface area contributed by atoms with E-state index < -0.39 is 12.2 Å². The number of hydrogen-bond acceptors (Lipinski definition) is 3. The molecule has 1 aromatic carbocycles. The molecule has 2 aliphatic rings. The first-order valence-corrected chi connectivity index (χ1v) is 6.95. The number of nitrogens with zero attached hydrogens (tertiary/aromatic N) is 1. The summed E-state index contributed by atoms with van der Waals surface area (Å²) in [5, 5.41) is 10.5. The molecule has 4 nitrogen and oxygen atoms in total. The number of amides is 1. The normalized spacial score (nSPS) is 32.3. The lowest BCUT2D eigenvalue weighted by molar-refractivity contribution is -0.182. The van der Waals surface area contributed by atoms with Crippen LogP contribution in [-0.4, -0.2) is 40.7 Å². The van der Waals surface area contributed by atoms with E-state index in [9.17, 15) is 9.90 Å². The number of carbonyl (C=O) groups is 1. The number of aliphatic hydroxyl groups excluding tert-OH is 1. The van der Waals surface area contributed by atoms with Gasteiger partial charge in [0.2, 0.25) is 0 Å². The van der Waals surface area contributed by atoms with Crippen molar-refractivity contribution in [2.24, 2.45) is 5.92 Å². The lowest BCUT2D eigenvalue weighted by atomic mass is 9.77. The molecule has 20 heavy (non-hydrogen) atoms. The molecular formula is C16H19NO3. The van der Waals surface area contributed by atoms with Gasteiger partial charge in [-0.15, -0.1) is 0 Å². The Kier molecular flexibility index (Phi) is 3.26. The zero-order valence-electron chi connectivity index (χ0n) is 11.5. The van der Waals surface area contributed by atoms with E-state index in [-0.39, 0.29) is 17.9 Å². The van der Waals surface area contributed by atoms with Crippen LogP contribution in [0.4, 0.5) is 0 Å². The second-order valence-corrected chi connectivity index (χ2v) is 5.61. The van der Waals surface area contributed by atoms with E-state index in [1.54, 1.807) is 4.90 Å². The van der Waals surface area contributed by atoms with Crippen molar-refractivity contribution in [2.75, 3.05) is 6.54 Å². The average molecular weight is 273 g/mol. The van der Waals surface area contributed by atoms with Gasteiger partial charge in [0.15, 0.2) is 6.10 Å². The maximum absolute atomic E-state index is 12.1. The summed E-state index contributed by atoms with van der Waals surface area (Å²) >= 11 is 0. The molecule has 2 heterocycles. The summed E-state index contributed by atoms with van der Waals surface area (Å²) in [7, 11) is 0. The fourth-order valence-electron chi connectivity index (χ4n) is 3.15. The van der Waals surface area contributed by atoms with Gasteiger partial charge in [0.1, 0.15) is 11.8 Å². The highest BCUT2D eigenvalue weighted by atomic mass is 16.5. The van der Waals surface area contributed by atoms with Crippen molar-refractivity contribution in [2.45, 2.75) is 31.6 Å². The zero-order chi connectivity index (χ0) is 14.3. The summed E-state index contributed by atoms with van der Waals surface area (Å²) in [6, 6.07) is 9.02. The predicted octanol–water partition coefficient (Wildman–Crippen LogP) is 1.60. The van der Waals surface area contributed by atoms with Crippen LogP contribution >= 0.6 is 0 Å². The summed E-state index contributed by atoms with van der Waals surface area (Å²) in [5.74, 6) is 0.680. The molecule has 2 aliphatic heterocycles. The third-order valence-electron chi connectivity index (χ3n) is 4.28. The Labute approximate surface area is 118 Å². The summed E-state index contributed by atoms with van der Waals surface area (Å²) < 4.78 is 5.75. The molecule has 4 heteroatoms. The fourth-order valence-corrected chi connectivity index (χ4v) is 3.15. The number of β-lactam (4-membered cyclic amide) rings is 1. The first-order valence-electron chi connectivity index (χ1n) is 6.95. The number of fused-ring (bicyclic) bond motifs is 1. The van der Waals surface area contributed by atoms with E-state index in [4.69, 9.17) is 4.74 Å². The van der Waals surface area contributed by atoms with E-state index >= 15 is 0 Å². The minimum atomic E-state index is -0.590. The third kappa shape index (κ3) is 2.00. The van der Waals surface area contributed by atoms with Crippen LogP contribution in [0.2, 0.25) is 0 Å². The van der Waals surface area contributed by atoms with Gasteiger partial charge in [0, 0.05) is 12.5 Å². The molecule has 4 atom stereocenters. The molecule has 0 aliphatic carbocycles. The smallest absolute Gasteiger partial charge is 0.266 e. The van der Waals surface area contributed by atoms with Crippen molar-refractivity contribution in [3.8, 4) is 5.75 Å². The van der Waals surface area contributed by atoms with Gasteiger partial charge in [0.25, 0.3) is 5.91 Å². The summed E-state index contributed by atoms with van der Waals surface area (Å²) in [5.41, 5.74) is 0.968. The minimum absolute atomic E-state index is 0.0296. The van der Waals surface area contributed by atoms with E-state index in [1.165, 1.54) is 0 Å². The molecule has 0 bridgehead atoms. The molecule has 106 valence electrons. The van der Waals surface area contributed by atoms with Crippen LogP contribution < -0.4 is 4.74 Å². The van der Waals surface area contributed by atoms with E-state index in [1.807, 2.05) is 37.3 Å². The van der Waals surface area contributed by atoms with Crippen LogP contribution in [0.1, 0.15) is 13.3 Å².